The van der Waals surface area contributed by atoms with Crippen LogP contribution in [0.1, 0.15) is 6.92 Å². The molecule has 0 radical (unpaired) electrons. The first-order chi connectivity index (χ1) is 9.00. The molecule has 104 valence electrons. The molecule has 1 aromatic rings. The first kappa shape index (κ1) is 13.7. The Morgan fingerprint density at radius 3 is 3.00 bits per heavy atom. The van der Waals surface area contributed by atoms with Gasteiger partial charge in [-0.3, -0.25) is 10.1 Å². The average Bonchev–Trinajstić information content (AvgIpc) is 2.38. The van der Waals surface area contributed by atoms with Gasteiger partial charge in [0, 0.05) is 19.1 Å². The fraction of sp³-hybridized carbons (Fsp3) is 0.500. The topological polar surface area (TPSA) is 81.6 Å². The molecule has 2 N–H and O–H groups in total. The molecule has 0 amide bonds. The van der Waals surface area contributed by atoms with Crippen LogP contribution >= 0.6 is 0 Å². The fourth-order valence-corrected chi connectivity index (χ4v) is 2.15. The molecule has 1 aliphatic rings. The molecule has 19 heavy (non-hydrogen) atoms. The Bertz CT molecular complexity index is 481. The number of nitrogens with zero attached hydrogens (tertiary/aromatic N) is 2. The Hall–Kier alpha value is -1.73. The third-order valence-corrected chi connectivity index (χ3v) is 3.17. The van der Waals surface area contributed by atoms with E-state index in [9.17, 15) is 14.5 Å². The van der Waals surface area contributed by atoms with Gasteiger partial charge in [0.05, 0.1) is 17.6 Å². The fourth-order valence-electron chi connectivity index (χ4n) is 2.15. The number of morpholine rings is 1. The number of hydrogen-bond acceptors (Lipinski definition) is 5. The summed E-state index contributed by atoms with van der Waals surface area (Å²) in [4.78, 5) is 12.0. The molecular weight excluding hydrogens is 253 g/mol. The van der Waals surface area contributed by atoms with Crippen LogP contribution in [0.25, 0.3) is 0 Å². The summed E-state index contributed by atoms with van der Waals surface area (Å²) in [7, 11) is 0. The summed E-state index contributed by atoms with van der Waals surface area (Å²) >= 11 is 0. The van der Waals surface area contributed by atoms with Crippen molar-refractivity contribution < 1.29 is 14.1 Å². The molecule has 0 bridgehead atoms. The first-order valence-electron chi connectivity index (χ1n) is 6.05. The van der Waals surface area contributed by atoms with Gasteiger partial charge in [-0.25, -0.2) is 0 Å². The average molecular weight is 269 g/mol. The monoisotopic (exact) mass is 269 g/mol. The third kappa shape index (κ3) is 2.82. The van der Waals surface area contributed by atoms with Gasteiger partial charge in [-0.05, 0) is 19.1 Å². The minimum absolute atomic E-state index is 0.185. The van der Waals surface area contributed by atoms with Crippen molar-refractivity contribution in [1.82, 2.24) is 0 Å². The van der Waals surface area contributed by atoms with Crippen LogP contribution in [0.3, 0.4) is 0 Å². The van der Waals surface area contributed by atoms with E-state index in [0.717, 1.165) is 6.07 Å². The van der Waals surface area contributed by atoms with Gasteiger partial charge in [-0.2, -0.15) is 4.39 Å². The molecule has 0 spiro atoms. The van der Waals surface area contributed by atoms with Gasteiger partial charge in [0.15, 0.2) is 0 Å². The molecule has 0 aliphatic carbocycles. The van der Waals surface area contributed by atoms with Crippen LogP contribution in [-0.2, 0) is 4.74 Å². The van der Waals surface area contributed by atoms with E-state index >= 15 is 0 Å². The normalized spacial score (nSPS) is 21.2. The number of benzene rings is 1. The summed E-state index contributed by atoms with van der Waals surface area (Å²) in [6, 6.07) is 3.92. The van der Waals surface area contributed by atoms with E-state index < -0.39 is 16.4 Å². The Kier molecular flexibility index (Phi) is 3.96. The van der Waals surface area contributed by atoms with E-state index in [4.69, 9.17) is 10.5 Å². The Morgan fingerprint density at radius 1 is 1.63 bits per heavy atom. The van der Waals surface area contributed by atoms with E-state index in [0.29, 0.717) is 19.7 Å². The van der Waals surface area contributed by atoms with Crippen molar-refractivity contribution in [2.24, 2.45) is 5.73 Å². The number of ether oxygens (including phenoxy) is 1. The Balaban J connectivity index is 2.31. The first-order valence-corrected chi connectivity index (χ1v) is 6.05. The predicted molar refractivity (Wildman–Crippen MR) is 68.7 cm³/mol. The number of nitro benzene ring substituents is 1. The quantitative estimate of drug-likeness (QED) is 0.660. The van der Waals surface area contributed by atoms with Gasteiger partial charge in [-0.1, -0.05) is 6.07 Å². The maximum absolute atomic E-state index is 13.6. The van der Waals surface area contributed by atoms with Crippen molar-refractivity contribution in [2.45, 2.75) is 19.1 Å². The van der Waals surface area contributed by atoms with Crippen LogP contribution in [0, 0.1) is 15.9 Å². The van der Waals surface area contributed by atoms with Crippen LogP contribution in [0.5, 0.6) is 0 Å². The summed E-state index contributed by atoms with van der Waals surface area (Å²) in [5, 5.41) is 11.0. The zero-order valence-corrected chi connectivity index (χ0v) is 10.6. The van der Waals surface area contributed by atoms with Gasteiger partial charge in [-0.15, -0.1) is 0 Å². The Labute approximate surface area is 110 Å². The SMILES string of the molecule is CC(N)C1CN(c2cccc(F)c2[N+](=O)[O-])CCO1. The van der Waals surface area contributed by atoms with Crippen molar-refractivity contribution in [2.75, 3.05) is 24.6 Å². The van der Waals surface area contributed by atoms with E-state index in [1.165, 1.54) is 6.07 Å². The lowest BCUT2D eigenvalue weighted by molar-refractivity contribution is -0.386. The molecule has 6 nitrogen and oxygen atoms in total. The number of para-hydroxylation sites is 1. The molecular formula is C12H16FN3O3. The highest BCUT2D eigenvalue weighted by molar-refractivity contribution is 5.64. The molecule has 1 saturated heterocycles. The van der Waals surface area contributed by atoms with Gasteiger partial charge >= 0.3 is 5.69 Å². The second kappa shape index (κ2) is 5.50. The molecule has 1 aromatic carbocycles. The van der Waals surface area contributed by atoms with Crippen LogP contribution < -0.4 is 10.6 Å². The van der Waals surface area contributed by atoms with Gasteiger partial charge in [0.2, 0.25) is 5.82 Å². The van der Waals surface area contributed by atoms with E-state index in [2.05, 4.69) is 0 Å². The van der Waals surface area contributed by atoms with Gasteiger partial charge in [0.25, 0.3) is 0 Å². The van der Waals surface area contributed by atoms with E-state index in [1.807, 2.05) is 6.92 Å². The molecule has 7 heteroatoms. The number of nitrogens with two attached hydrogens (primary N) is 1. The van der Waals surface area contributed by atoms with E-state index in [-0.39, 0.29) is 17.8 Å². The molecule has 1 heterocycles. The van der Waals surface area contributed by atoms with Crippen LogP contribution in [0.2, 0.25) is 0 Å². The highest BCUT2D eigenvalue weighted by atomic mass is 19.1. The second-order valence-corrected chi connectivity index (χ2v) is 4.58. The molecule has 1 fully saturated rings. The predicted octanol–water partition coefficient (Wildman–Crippen LogP) is 1.29. The highest BCUT2D eigenvalue weighted by Gasteiger charge is 2.29. The zero-order chi connectivity index (χ0) is 14.0. The minimum atomic E-state index is -0.827. The van der Waals surface area contributed by atoms with E-state index in [1.54, 1.807) is 11.0 Å². The lowest BCUT2D eigenvalue weighted by Gasteiger charge is -2.35. The molecule has 0 saturated carbocycles. The number of nitro groups is 1. The molecule has 1 aliphatic heterocycles. The largest absolute Gasteiger partial charge is 0.373 e. The highest BCUT2D eigenvalue weighted by Crippen LogP contribution is 2.31. The number of rotatable bonds is 3. The summed E-state index contributed by atoms with van der Waals surface area (Å²) in [6.07, 6.45) is -0.211. The van der Waals surface area contributed by atoms with Gasteiger partial charge in [0.1, 0.15) is 5.69 Å². The maximum Gasteiger partial charge on any atom is 0.327 e. The number of anilines is 1. The summed E-state index contributed by atoms with van der Waals surface area (Å²) in [6.45, 7) is 3.13. The Morgan fingerprint density at radius 2 is 2.37 bits per heavy atom. The van der Waals surface area contributed by atoms with Crippen LogP contribution in [-0.4, -0.2) is 36.8 Å². The lowest BCUT2D eigenvalue weighted by atomic mass is 10.1. The van der Waals surface area contributed by atoms with Crippen LogP contribution in [0.15, 0.2) is 18.2 Å². The molecule has 0 aromatic heterocycles. The maximum atomic E-state index is 13.6. The van der Waals surface area contributed by atoms with Gasteiger partial charge < -0.3 is 15.4 Å². The van der Waals surface area contributed by atoms with Crippen LogP contribution in [0.4, 0.5) is 15.8 Å². The summed E-state index contributed by atoms with van der Waals surface area (Å²) in [5.74, 6) is -0.827. The van der Waals surface area contributed by atoms with Crippen molar-refractivity contribution in [3.63, 3.8) is 0 Å². The lowest BCUT2D eigenvalue weighted by Crippen LogP contribution is -2.49. The minimum Gasteiger partial charge on any atom is -0.373 e. The van der Waals surface area contributed by atoms with Crippen molar-refractivity contribution in [3.05, 3.63) is 34.1 Å². The van der Waals surface area contributed by atoms with Crippen molar-refractivity contribution >= 4 is 11.4 Å². The standard InChI is InChI=1S/C12H16FN3O3/c1-8(14)11-7-15(5-6-19-11)10-4-2-3-9(13)12(10)16(17)18/h2-4,8,11H,5-7,14H2,1H3. The molecule has 2 atom stereocenters. The summed E-state index contributed by atoms with van der Waals surface area (Å²) in [5.41, 5.74) is 5.56. The number of halogens is 1. The molecule has 2 rings (SSSR count). The number of hydrogen-bond donors (Lipinski definition) is 1. The zero-order valence-electron chi connectivity index (χ0n) is 10.6. The molecule has 2 unspecified atom stereocenters. The smallest absolute Gasteiger partial charge is 0.327 e. The van der Waals surface area contributed by atoms with Crippen molar-refractivity contribution in [3.8, 4) is 0 Å². The third-order valence-electron chi connectivity index (χ3n) is 3.17. The summed E-state index contributed by atoms with van der Waals surface area (Å²) < 4.78 is 19.1. The van der Waals surface area contributed by atoms with Crippen molar-refractivity contribution in [1.29, 1.82) is 0 Å². The second-order valence-electron chi connectivity index (χ2n) is 4.58.